The van der Waals surface area contributed by atoms with Gasteiger partial charge in [-0.25, -0.2) is 0 Å². The molecule has 0 spiro atoms. The Bertz CT molecular complexity index is 427. The average Bonchev–Trinajstić information content (AvgIpc) is 2.27. The standard InChI is InChI=1S/C13H17F3N2O/c1-8(2)11(12(17)19)18-7-9-3-5-10(6-4-9)13(14,15)16/h3-6,8,11,18H,7H2,1-2H3,(H2,17,19)/t11-/m0/s1. The summed E-state index contributed by atoms with van der Waals surface area (Å²) >= 11 is 0. The molecule has 1 aromatic rings. The van der Waals surface area contributed by atoms with Gasteiger partial charge in [-0.2, -0.15) is 13.2 Å². The Labute approximate surface area is 110 Å². The molecule has 3 nitrogen and oxygen atoms in total. The number of halogens is 3. The van der Waals surface area contributed by atoms with Gasteiger partial charge in [-0.15, -0.1) is 0 Å². The SMILES string of the molecule is CC(C)[C@H](NCc1ccc(C(F)(F)F)cc1)C(N)=O. The average molecular weight is 274 g/mol. The van der Waals surface area contributed by atoms with Crippen LogP contribution in [0.5, 0.6) is 0 Å². The molecular formula is C13H17F3N2O. The zero-order chi connectivity index (χ0) is 14.6. The van der Waals surface area contributed by atoms with Gasteiger partial charge in [0.2, 0.25) is 5.91 Å². The van der Waals surface area contributed by atoms with Crippen molar-refractivity contribution in [2.24, 2.45) is 11.7 Å². The van der Waals surface area contributed by atoms with Crippen LogP contribution in [0.2, 0.25) is 0 Å². The minimum Gasteiger partial charge on any atom is -0.368 e. The van der Waals surface area contributed by atoms with Crippen molar-refractivity contribution in [1.82, 2.24) is 5.32 Å². The molecule has 19 heavy (non-hydrogen) atoms. The Balaban J connectivity index is 2.66. The third-order valence-corrected chi connectivity index (χ3v) is 2.78. The predicted molar refractivity (Wildman–Crippen MR) is 66.1 cm³/mol. The monoisotopic (exact) mass is 274 g/mol. The lowest BCUT2D eigenvalue weighted by atomic mass is 10.0. The first-order valence-electron chi connectivity index (χ1n) is 5.90. The summed E-state index contributed by atoms with van der Waals surface area (Å²) in [7, 11) is 0. The fraction of sp³-hybridized carbons (Fsp3) is 0.462. The summed E-state index contributed by atoms with van der Waals surface area (Å²) in [6.07, 6.45) is -4.33. The van der Waals surface area contributed by atoms with Gasteiger partial charge in [0.05, 0.1) is 11.6 Å². The van der Waals surface area contributed by atoms with Crippen molar-refractivity contribution in [2.45, 2.75) is 32.6 Å². The van der Waals surface area contributed by atoms with Gasteiger partial charge in [0.15, 0.2) is 0 Å². The highest BCUT2D eigenvalue weighted by Crippen LogP contribution is 2.29. The number of alkyl halides is 3. The molecule has 1 amide bonds. The molecule has 3 N–H and O–H groups in total. The zero-order valence-electron chi connectivity index (χ0n) is 10.8. The number of hydrogen-bond donors (Lipinski definition) is 2. The normalized spacial score (nSPS) is 13.6. The van der Waals surface area contributed by atoms with E-state index < -0.39 is 23.7 Å². The van der Waals surface area contributed by atoms with Crippen molar-refractivity contribution < 1.29 is 18.0 Å². The molecule has 1 atom stereocenters. The van der Waals surface area contributed by atoms with Crippen LogP contribution in [-0.4, -0.2) is 11.9 Å². The molecular weight excluding hydrogens is 257 g/mol. The van der Waals surface area contributed by atoms with E-state index >= 15 is 0 Å². The molecule has 0 radical (unpaired) electrons. The predicted octanol–water partition coefficient (Wildman–Crippen LogP) is 2.30. The fourth-order valence-corrected chi connectivity index (χ4v) is 1.70. The Morgan fingerprint density at radius 3 is 2.16 bits per heavy atom. The fourth-order valence-electron chi connectivity index (χ4n) is 1.70. The van der Waals surface area contributed by atoms with Gasteiger partial charge in [0.25, 0.3) is 0 Å². The van der Waals surface area contributed by atoms with Crippen LogP contribution in [0.3, 0.4) is 0 Å². The first kappa shape index (κ1) is 15.5. The van der Waals surface area contributed by atoms with Crippen LogP contribution in [0.15, 0.2) is 24.3 Å². The Kier molecular flexibility index (Phi) is 4.94. The van der Waals surface area contributed by atoms with Crippen molar-refractivity contribution >= 4 is 5.91 Å². The van der Waals surface area contributed by atoms with Crippen LogP contribution in [0, 0.1) is 5.92 Å². The molecule has 1 rings (SSSR count). The number of hydrogen-bond acceptors (Lipinski definition) is 2. The third-order valence-electron chi connectivity index (χ3n) is 2.78. The topological polar surface area (TPSA) is 55.1 Å². The molecule has 0 saturated heterocycles. The van der Waals surface area contributed by atoms with Crippen LogP contribution < -0.4 is 11.1 Å². The number of nitrogens with one attached hydrogen (secondary N) is 1. The van der Waals surface area contributed by atoms with Crippen molar-refractivity contribution in [1.29, 1.82) is 0 Å². The van der Waals surface area contributed by atoms with Crippen molar-refractivity contribution in [3.63, 3.8) is 0 Å². The van der Waals surface area contributed by atoms with Crippen LogP contribution >= 0.6 is 0 Å². The van der Waals surface area contributed by atoms with E-state index in [9.17, 15) is 18.0 Å². The lowest BCUT2D eigenvalue weighted by molar-refractivity contribution is -0.137. The molecule has 0 aliphatic heterocycles. The second-order valence-electron chi connectivity index (χ2n) is 4.70. The summed E-state index contributed by atoms with van der Waals surface area (Å²) in [6.45, 7) is 3.98. The first-order valence-corrected chi connectivity index (χ1v) is 5.90. The molecule has 106 valence electrons. The van der Waals surface area contributed by atoms with Gasteiger partial charge < -0.3 is 11.1 Å². The number of benzene rings is 1. The largest absolute Gasteiger partial charge is 0.416 e. The summed E-state index contributed by atoms with van der Waals surface area (Å²) in [5.74, 6) is -0.450. The number of nitrogens with two attached hydrogens (primary N) is 1. The van der Waals surface area contributed by atoms with E-state index in [0.717, 1.165) is 12.1 Å². The number of primary amides is 1. The summed E-state index contributed by atoms with van der Waals surface area (Å²) in [4.78, 5) is 11.2. The van der Waals surface area contributed by atoms with E-state index in [1.165, 1.54) is 12.1 Å². The number of carbonyl (C=O) groups excluding carboxylic acids is 1. The number of carbonyl (C=O) groups is 1. The van der Waals surface area contributed by atoms with Gasteiger partial charge in [0.1, 0.15) is 0 Å². The van der Waals surface area contributed by atoms with Crippen molar-refractivity contribution in [3.05, 3.63) is 35.4 Å². The molecule has 0 aromatic heterocycles. The van der Waals surface area contributed by atoms with E-state index in [4.69, 9.17) is 5.73 Å². The van der Waals surface area contributed by atoms with Crippen LogP contribution in [0.25, 0.3) is 0 Å². The van der Waals surface area contributed by atoms with Crippen molar-refractivity contribution in [2.75, 3.05) is 0 Å². The summed E-state index contributed by atoms with van der Waals surface area (Å²) < 4.78 is 37.1. The Hall–Kier alpha value is -1.56. The summed E-state index contributed by atoms with van der Waals surface area (Å²) in [5, 5.41) is 2.94. The zero-order valence-corrected chi connectivity index (χ0v) is 10.8. The minimum absolute atomic E-state index is 0.0203. The second-order valence-corrected chi connectivity index (χ2v) is 4.70. The van der Waals surface area contributed by atoms with E-state index in [0.29, 0.717) is 12.1 Å². The number of rotatable bonds is 5. The van der Waals surface area contributed by atoms with E-state index in [-0.39, 0.29) is 5.92 Å². The highest BCUT2D eigenvalue weighted by atomic mass is 19.4. The molecule has 0 unspecified atom stereocenters. The molecule has 0 aliphatic rings. The van der Waals surface area contributed by atoms with Crippen LogP contribution in [0.1, 0.15) is 25.0 Å². The third kappa shape index (κ3) is 4.55. The maximum atomic E-state index is 12.4. The lowest BCUT2D eigenvalue weighted by Gasteiger charge is -2.19. The van der Waals surface area contributed by atoms with Crippen molar-refractivity contribution in [3.8, 4) is 0 Å². The maximum Gasteiger partial charge on any atom is 0.416 e. The molecule has 1 aromatic carbocycles. The smallest absolute Gasteiger partial charge is 0.368 e. The molecule has 6 heteroatoms. The van der Waals surface area contributed by atoms with Crippen LogP contribution in [0.4, 0.5) is 13.2 Å². The number of amides is 1. The van der Waals surface area contributed by atoms with Gasteiger partial charge in [0, 0.05) is 6.54 Å². The molecule has 0 bridgehead atoms. The molecule has 0 fully saturated rings. The molecule has 0 heterocycles. The van der Waals surface area contributed by atoms with Crippen LogP contribution in [-0.2, 0) is 17.5 Å². The van der Waals surface area contributed by atoms with E-state index in [1.807, 2.05) is 13.8 Å². The van der Waals surface area contributed by atoms with E-state index in [2.05, 4.69) is 5.32 Å². The molecule has 0 aliphatic carbocycles. The maximum absolute atomic E-state index is 12.4. The highest BCUT2D eigenvalue weighted by molar-refractivity contribution is 5.80. The van der Waals surface area contributed by atoms with Gasteiger partial charge in [-0.05, 0) is 23.6 Å². The van der Waals surface area contributed by atoms with Gasteiger partial charge in [-0.1, -0.05) is 26.0 Å². The lowest BCUT2D eigenvalue weighted by Crippen LogP contribution is -2.44. The Morgan fingerprint density at radius 2 is 1.79 bits per heavy atom. The van der Waals surface area contributed by atoms with E-state index in [1.54, 1.807) is 0 Å². The summed E-state index contributed by atoms with van der Waals surface area (Å²) in [6, 6.07) is 4.31. The Morgan fingerprint density at radius 1 is 1.26 bits per heavy atom. The second kappa shape index (κ2) is 6.06. The molecule has 0 saturated carbocycles. The van der Waals surface area contributed by atoms with Gasteiger partial charge in [-0.3, -0.25) is 4.79 Å². The summed E-state index contributed by atoms with van der Waals surface area (Å²) in [5.41, 5.74) is 5.21. The van der Waals surface area contributed by atoms with Gasteiger partial charge >= 0.3 is 6.18 Å². The quantitative estimate of drug-likeness (QED) is 0.865. The first-order chi connectivity index (χ1) is 8.71. The minimum atomic E-state index is -4.33. The highest BCUT2D eigenvalue weighted by Gasteiger charge is 2.29.